The van der Waals surface area contributed by atoms with Crippen LogP contribution in [0.3, 0.4) is 0 Å². The van der Waals surface area contributed by atoms with Gasteiger partial charge in [0.05, 0.1) is 13.5 Å². The Labute approximate surface area is 165 Å². The second kappa shape index (κ2) is 9.05. The van der Waals surface area contributed by atoms with Gasteiger partial charge < -0.3 is 9.47 Å². The third-order valence-corrected chi connectivity index (χ3v) is 5.69. The number of hydrogen-bond donors (Lipinski definition) is 0. The maximum Gasteiger partial charge on any atom is 0.313 e. The van der Waals surface area contributed by atoms with Crippen molar-refractivity contribution in [1.29, 1.82) is 0 Å². The average molecular weight is 382 g/mol. The molecule has 0 aromatic heterocycles. The van der Waals surface area contributed by atoms with Crippen molar-refractivity contribution < 1.29 is 23.9 Å². The molecule has 0 amide bonds. The molecule has 2 aliphatic rings. The Bertz CT molecular complexity index is 775. The van der Waals surface area contributed by atoms with E-state index in [1.54, 1.807) is 0 Å². The van der Waals surface area contributed by atoms with Crippen LogP contribution in [0.4, 0.5) is 0 Å². The molecule has 1 aliphatic heterocycles. The molecule has 1 saturated carbocycles. The number of methoxy groups -OCH3 is 1. The lowest BCUT2D eigenvalue weighted by atomic mass is 9.76. The summed E-state index contributed by atoms with van der Waals surface area (Å²) in [7, 11) is 1.37. The quantitative estimate of drug-likeness (QED) is 0.444. The van der Waals surface area contributed by atoms with E-state index < -0.39 is 11.6 Å². The van der Waals surface area contributed by atoms with E-state index in [4.69, 9.17) is 4.74 Å². The molecule has 0 spiro atoms. The molecule has 1 saturated heterocycles. The maximum absolute atomic E-state index is 12.1. The van der Waals surface area contributed by atoms with Crippen LogP contribution < -0.4 is 0 Å². The molecular formula is C23H26O5. The van der Waals surface area contributed by atoms with Crippen molar-refractivity contribution >= 4 is 17.7 Å². The topological polar surface area (TPSA) is 69.7 Å². The van der Waals surface area contributed by atoms with Gasteiger partial charge in [-0.15, -0.1) is 0 Å². The molecule has 1 heterocycles. The molecule has 0 radical (unpaired) electrons. The Morgan fingerprint density at radius 1 is 1.21 bits per heavy atom. The van der Waals surface area contributed by atoms with Gasteiger partial charge in [0.25, 0.3) is 0 Å². The van der Waals surface area contributed by atoms with Crippen LogP contribution in [0, 0.1) is 17.8 Å². The zero-order valence-corrected chi connectivity index (χ0v) is 16.3. The molecule has 3 rings (SSSR count). The second-order valence-electron chi connectivity index (χ2n) is 7.66. The van der Waals surface area contributed by atoms with Crippen LogP contribution >= 0.6 is 0 Å². The zero-order valence-electron chi connectivity index (χ0n) is 16.3. The van der Waals surface area contributed by atoms with Gasteiger partial charge in [0.1, 0.15) is 17.8 Å². The van der Waals surface area contributed by atoms with Gasteiger partial charge in [0.15, 0.2) is 0 Å². The summed E-state index contributed by atoms with van der Waals surface area (Å²) >= 11 is 0. The highest BCUT2D eigenvalue weighted by molar-refractivity contribution is 5.98. The highest BCUT2D eigenvalue weighted by Crippen LogP contribution is 2.43. The molecule has 1 aromatic rings. The fraction of sp³-hybridized carbons (Fsp3) is 0.522. The van der Waals surface area contributed by atoms with E-state index in [-0.39, 0.29) is 30.5 Å². The van der Waals surface area contributed by atoms with Crippen LogP contribution in [0.25, 0.3) is 0 Å². The minimum atomic E-state index is -0.665. The van der Waals surface area contributed by atoms with E-state index in [1.807, 2.05) is 24.3 Å². The summed E-state index contributed by atoms with van der Waals surface area (Å²) in [5.74, 6) is 5.86. The van der Waals surface area contributed by atoms with Crippen LogP contribution in [0.1, 0.15) is 62.5 Å². The first-order chi connectivity index (χ1) is 13.5. The summed E-state index contributed by atoms with van der Waals surface area (Å²) in [6.45, 7) is 0. The van der Waals surface area contributed by atoms with Crippen molar-refractivity contribution in [2.75, 3.05) is 7.11 Å². The van der Waals surface area contributed by atoms with E-state index in [0.29, 0.717) is 19.3 Å². The third-order valence-electron chi connectivity index (χ3n) is 5.69. The smallest absolute Gasteiger partial charge is 0.313 e. The first-order valence-electron chi connectivity index (χ1n) is 9.89. The molecule has 5 nitrogen and oxygen atoms in total. The van der Waals surface area contributed by atoms with Crippen molar-refractivity contribution in [3.8, 4) is 11.8 Å². The average Bonchev–Trinajstić information content (AvgIpc) is 3.21. The van der Waals surface area contributed by atoms with E-state index >= 15 is 0 Å². The van der Waals surface area contributed by atoms with Crippen LogP contribution in [-0.4, -0.2) is 30.4 Å². The number of esters is 2. The lowest BCUT2D eigenvalue weighted by Crippen LogP contribution is -2.47. The number of ether oxygens (including phenoxy) is 2. The van der Waals surface area contributed by atoms with Crippen LogP contribution in [0.15, 0.2) is 24.3 Å². The van der Waals surface area contributed by atoms with Crippen molar-refractivity contribution in [2.24, 2.45) is 5.92 Å². The molecule has 2 fully saturated rings. The van der Waals surface area contributed by atoms with Gasteiger partial charge in [-0.2, -0.15) is 0 Å². The van der Waals surface area contributed by atoms with Crippen molar-refractivity contribution in [3.63, 3.8) is 0 Å². The highest BCUT2D eigenvalue weighted by Gasteiger charge is 2.47. The summed E-state index contributed by atoms with van der Waals surface area (Å²) in [4.78, 5) is 35.3. The van der Waals surface area contributed by atoms with Crippen LogP contribution in [-0.2, 0) is 30.3 Å². The SMILES string of the molecule is COC(=O)Cc1ccc(C#CCCC2(C3CCCC3)CC(=O)CC(=O)O2)cc1. The number of ketones is 1. The fourth-order valence-electron chi connectivity index (χ4n) is 4.26. The van der Waals surface area contributed by atoms with Crippen molar-refractivity contribution in [3.05, 3.63) is 35.4 Å². The number of Topliss-reactive ketones (excluding diaryl/α,β-unsaturated/α-hetero) is 1. The third kappa shape index (κ3) is 5.01. The van der Waals surface area contributed by atoms with Crippen LogP contribution in [0.5, 0.6) is 0 Å². The molecular weight excluding hydrogens is 356 g/mol. The normalized spacial score (nSPS) is 22.3. The van der Waals surface area contributed by atoms with Gasteiger partial charge in [0, 0.05) is 18.4 Å². The summed E-state index contributed by atoms with van der Waals surface area (Å²) in [5.41, 5.74) is 1.08. The van der Waals surface area contributed by atoms with E-state index in [0.717, 1.165) is 36.8 Å². The second-order valence-corrected chi connectivity index (χ2v) is 7.66. The predicted molar refractivity (Wildman–Crippen MR) is 103 cm³/mol. The standard InChI is InChI=1S/C23H26O5/c1-27-21(25)14-18-11-9-17(10-12-18)6-4-5-13-23(19-7-2-3-8-19)16-20(24)15-22(26)28-23/h9-12,19H,2-3,5,7-8,13-16H2,1H3. The summed E-state index contributed by atoms with van der Waals surface area (Å²) in [6, 6.07) is 7.48. The highest BCUT2D eigenvalue weighted by atomic mass is 16.6. The van der Waals surface area contributed by atoms with Gasteiger partial charge in [-0.1, -0.05) is 36.8 Å². The van der Waals surface area contributed by atoms with E-state index in [9.17, 15) is 14.4 Å². The monoisotopic (exact) mass is 382 g/mol. The Balaban J connectivity index is 1.62. The first kappa shape index (κ1) is 20.1. The van der Waals surface area contributed by atoms with Gasteiger partial charge >= 0.3 is 11.9 Å². The summed E-state index contributed by atoms with van der Waals surface area (Å²) < 4.78 is 10.4. The predicted octanol–water partition coefficient (Wildman–Crippen LogP) is 3.37. The molecule has 0 bridgehead atoms. The number of hydrogen-bond acceptors (Lipinski definition) is 5. The Kier molecular flexibility index (Phi) is 6.51. The fourth-order valence-corrected chi connectivity index (χ4v) is 4.26. The number of carbonyl (C=O) groups is 3. The number of carbonyl (C=O) groups excluding carboxylic acids is 3. The molecule has 28 heavy (non-hydrogen) atoms. The molecule has 148 valence electrons. The Morgan fingerprint density at radius 2 is 1.93 bits per heavy atom. The van der Waals surface area contributed by atoms with Gasteiger partial charge in [-0.05, 0) is 42.9 Å². The van der Waals surface area contributed by atoms with Gasteiger partial charge in [0.2, 0.25) is 0 Å². The zero-order chi connectivity index (χ0) is 20.0. The van der Waals surface area contributed by atoms with Crippen LogP contribution in [0.2, 0.25) is 0 Å². The molecule has 1 aliphatic carbocycles. The minimum Gasteiger partial charge on any atom is -0.469 e. The minimum absolute atomic E-state index is 0.0164. The molecule has 0 N–H and O–H groups in total. The van der Waals surface area contributed by atoms with Crippen molar-refractivity contribution in [2.45, 2.75) is 63.4 Å². The van der Waals surface area contributed by atoms with E-state index in [1.165, 1.54) is 7.11 Å². The molecule has 5 heteroatoms. The Morgan fingerprint density at radius 3 is 2.57 bits per heavy atom. The van der Waals surface area contributed by atoms with Gasteiger partial charge in [-0.3, -0.25) is 14.4 Å². The summed E-state index contributed by atoms with van der Waals surface area (Å²) in [5, 5.41) is 0. The van der Waals surface area contributed by atoms with E-state index in [2.05, 4.69) is 16.6 Å². The number of rotatable bonds is 5. The molecule has 1 aromatic carbocycles. The van der Waals surface area contributed by atoms with Gasteiger partial charge in [-0.25, -0.2) is 0 Å². The maximum atomic E-state index is 12.1. The number of benzene rings is 1. The lowest BCUT2D eigenvalue weighted by molar-refractivity contribution is -0.178. The molecule has 1 unspecified atom stereocenters. The largest absolute Gasteiger partial charge is 0.469 e. The number of cyclic esters (lactones) is 1. The Hall–Kier alpha value is -2.61. The first-order valence-corrected chi connectivity index (χ1v) is 9.89. The van der Waals surface area contributed by atoms with Crippen molar-refractivity contribution in [1.82, 2.24) is 0 Å². The summed E-state index contributed by atoms with van der Waals surface area (Å²) in [6.07, 6.45) is 5.91. The molecule has 1 atom stereocenters. The lowest BCUT2D eigenvalue weighted by Gasteiger charge is -2.40.